The van der Waals surface area contributed by atoms with Gasteiger partial charge in [0.1, 0.15) is 5.78 Å². The van der Waals surface area contributed by atoms with Crippen LogP contribution in [0.3, 0.4) is 0 Å². The van der Waals surface area contributed by atoms with E-state index >= 15 is 0 Å². The molecule has 0 spiro atoms. The molecule has 0 unspecified atom stereocenters. The zero-order valence-corrected chi connectivity index (χ0v) is 13.8. The van der Waals surface area contributed by atoms with E-state index in [1.54, 1.807) is 0 Å². The van der Waals surface area contributed by atoms with Gasteiger partial charge in [-0.15, -0.1) is 0 Å². The molecule has 2 aliphatic heterocycles. The first kappa shape index (κ1) is 17.5. The molecule has 0 bridgehead atoms. The molecular weight excluding hydrogens is 314 g/mol. The summed E-state index contributed by atoms with van der Waals surface area (Å²) in [6.45, 7) is 3.21. The van der Waals surface area contributed by atoms with Crippen LogP contribution < -0.4 is 0 Å². The molecule has 2 nitrogen and oxygen atoms in total. The van der Waals surface area contributed by atoms with E-state index in [9.17, 15) is 18.0 Å². The van der Waals surface area contributed by atoms with Gasteiger partial charge in [-0.2, -0.15) is 13.2 Å². The van der Waals surface area contributed by atoms with E-state index < -0.39 is 17.1 Å². The number of nitrogens with zero attached hydrogens (tertiary/aromatic N) is 1. The molecule has 24 heavy (non-hydrogen) atoms. The number of carbonyl (C=O) groups is 1. The van der Waals surface area contributed by atoms with Crippen LogP contribution in [0.4, 0.5) is 13.2 Å². The maximum atomic E-state index is 12.9. The number of ketones is 1. The van der Waals surface area contributed by atoms with Crippen LogP contribution in [-0.2, 0) is 17.4 Å². The number of Topliss-reactive ketones (excluding diaryl/α,β-unsaturated/α-hetero) is 1. The Morgan fingerprint density at radius 1 is 1.38 bits per heavy atom. The van der Waals surface area contributed by atoms with Crippen LogP contribution >= 0.6 is 0 Å². The van der Waals surface area contributed by atoms with E-state index in [0.29, 0.717) is 37.9 Å². The molecule has 128 valence electrons. The average molecular weight is 335 g/mol. The third-order valence-electron chi connectivity index (χ3n) is 5.33. The molecule has 1 saturated heterocycles. The van der Waals surface area contributed by atoms with Crippen LogP contribution in [-0.4, -0.2) is 31.6 Å². The Bertz CT molecular complexity index is 646. The lowest BCUT2D eigenvalue weighted by Gasteiger charge is -2.47. The largest absolute Gasteiger partial charge is 0.416 e. The van der Waals surface area contributed by atoms with Gasteiger partial charge in [0.05, 0.1) is 13.4 Å². The summed E-state index contributed by atoms with van der Waals surface area (Å²) < 4.78 is 38.7. The van der Waals surface area contributed by atoms with Crippen LogP contribution in [0.25, 0.3) is 0 Å². The summed E-state index contributed by atoms with van der Waals surface area (Å²) in [5.41, 5.74) is 0.935. The fourth-order valence-corrected chi connectivity index (χ4v) is 3.91. The highest BCUT2D eigenvalue weighted by molar-refractivity contribution is 6.29. The monoisotopic (exact) mass is 335 g/mol. The van der Waals surface area contributed by atoms with Crippen LogP contribution in [0.2, 0.25) is 5.31 Å². The first-order valence-corrected chi connectivity index (χ1v) is 8.51. The molecule has 0 saturated carbocycles. The fraction of sp³-hybridized carbons (Fsp3) is 0.611. The zero-order valence-electron chi connectivity index (χ0n) is 13.8. The Kier molecular flexibility index (Phi) is 4.54. The Balaban J connectivity index is 1.86. The lowest BCUT2D eigenvalue weighted by molar-refractivity contribution is -0.137. The topological polar surface area (TPSA) is 20.3 Å². The van der Waals surface area contributed by atoms with Gasteiger partial charge >= 0.3 is 6.18 Å². The molecule has 6 heteroatoms. The Morgan fingerprint density at radius 2 is 2.12 bits per heavy atom. The number of hydrogen-bond acceptors (Lipinski definition) is 2. The normalized spacial score (nSPS) is 27.7. The molecule has 2 atom stereocenters. The van der Waals surface area contributed by atoms with Gasteiger partial charge in [0.25, 0.3) is 0 Å². The predicted molar refractivity (Wildman–Crippen MR) is 87.1 cm³/mol. The van der Waals surface area contributed by atoms with Crippen molar-refractivity contribution >= 4 is 13.6 Å². The van der Waals surface area contributed by atoms with E-state index in [-0.39, 0.29) is 11.8 Å². The van der Waals surface area contributed by atoms with Crippen LogP contribution in [0, 0.1) is 0 Å². The molecule has 3 rings (SSSR count). The first-order chi connectivity index (χ1) is 11.2. The average Bonchev–Trinajstić information content (AvgIpc) is 2.53. The van der Waals surface area contributed by atoms with Crippen molar-refractivity contribution in [2.45, 2.75) is 56.6 Å². The van der Waals surface area contributed by atoms with E-state index in [4.69, 9.17) is 7.85 Å². The summed E-state index contributed by atoms with van der Waals surface area (Å²) in [4.78, 5) is 14.8. The maximum absolute atomic E-state index is 12.9. The number of rotatable bonds is 3. The third kappa shape index (κ3) is 3.13. The molecule has 0 N–H and O–H groups in total. The number of carbonyl (C=O) groups excluding carboxylic acids is 1. The van der Waals surface area contributed by atoms with Crippen LogP contribution in [0.1, 0.15) is 55.3 Å². The van der Waals surface area contributed by atoms with E-state index in [1.807, 2.05) is 0 Å². The standard InChI is InChI=1S/C18H21BF3NO/c1-2-3-7-17(19)11-23-8-6-12-9-13(18(20,21)22)4-5-14(12)15(23)10-16(17)24/h4-5,9,15H,2-3,6-8,10-11H2,1H3/t15-,17+/m1/s1. The molecular formula is C18H21BF3NO. The summed E-state index contributed by atoms with van der Waals surface area (Å²) in [6, 6.07) is 3.76. The second-order valence-corrected chi connectivity index (χ2v) is 7.03. The smallest absolute Gasteiger partial charge is 0.300 e. The summed E-state index contributed by atoms with van der Waals surface area (Å²) in [5, 5.41) is -0.810. The number of halogens is 3. The van der Waals surface area contributed by atoms with Crippen molar-refractivity contribution in [1.29, 1.82) is 0 Å². The van der Waals surface area contributed by atoms with E-state index in [2.05, 4.69) is 11.8 Å². The van der Waals surface area contributed by atoms with Crippen molar-refractivity contribution < 1.29 is 18.0 Å². The van der Waals surface area contributed by atoms with Crippen molar-refractivity contribution in [3.8, 4) is 0 Å². The van der Waals surface area contributed by atoms with Crippen molar-refractivity contribution in [1.82, 2.24) is 4.90 Å². The zero-order chi connectivity index (χ0) is 17.5. The van der Waals surface area contributed by atoms with Crippen molar-refractivity contribution in [2.75, 3.05) is 13.1 Å². The second-order valence-electron chi connectivity index (χ2n) is 7.03. The molecule has 2 heterocycles. The van der Waals surface area contributed by atoms with Gasteiger partial charge < -0.3 is 0 Å². The number of piperidine rings is 1. The highest BCUT2D eigenvalue weighted by atomic mass is 19.4. The molecule has 2 aliphatic rings. The van der Waals surface area contributed by atoms with E-state index in [1.165, 1.54) is 12.1 Å². The first-order valence-electron chi connectivity index (χ1n) is 8.51. The fourth-order valence-electron chi connectivity index (χ4n) is 3.91. The number of alkyl halides is 3. The minimum Gasteiger partial charge on any atom is -0.300 e. The van der Waals surface area contributed by atoms with Gasteiger partial charge in [0.2, 0.25) is 0 Å². The lowest BCUT2D eigenvalue weighted by atomic mass is 9.58. The number of benzene rings is 1. The number of hydrogen-bond donors (Lipinski definition) is 0. The minimum atomic E-state index is -4.33. The van der Waals surface area contributed by atoms with Gasteiger partial charge in [0.15, 0.2) is 0 Å². The highest BCUT2D eigenvalue weighted by Gasteiger charge is 2.44. The highest BCUT2D eigenvalue weighted by Crippen LogP contribution is 2.46. The SMILES string of the molecule is [B][C@@]1(CCCC)CN2CCc3cc(C(F)(F)F)ccc3[C@H]2CC1=O. The minimum absolute atomic E-state index is 0.0324. The molecule has 0 aromatic heterocycles. The molecule has 0 amide bonds. The molecule has 0 aliphatic carbocycles. The van der Waals surface area contributed by atoms with Crippen molar-refractivity contribution in [3.63, 3.8) is 0 Å². The Morgan fingerprint density at radius 3 is 2.79 bits per heavy atom. The van der Waals surface area contributed by atoms with Crippen molar-refractivity contribution in [2.24, 2.45) is 0 Å². The van der Waals surface area contributed by atoms with Crippen molar-refractivity contribution in [3.05, 3.63) is 34.9 Å². The number of unbranched alkanes of at least 4 members (excludes halogenated alkanes) is 1. The molecule has 1 aromatic carbocycles. The van der Waals surface area contributed by atoms with Gasteiger partial charge in [-0.1, -0.05) is 25.8 Å². The van der Waals surface area contributed by atoms with E-state index in [0.717, 1.165) is 24.5 Å². The van der Waals surface area contributed by atoms with Gasteiger partial charge in [-0.25, -0.2) is 0 Å². The maximum Gasteiger partial charge on any atom is 0.416 e. The Hall–Kier alpha value is -1.30. The summed E-state index contributed by atoms with van der Waals surface area (Å²) in [6.07, 6.45) is -0.913. The van der Waals surface area contributed by atoms with Gasteiger partial charge in [0, 0.05) is 30.9 Å². The Labute approximate surface area is 141 Å². The lowest BCUT2D eigenvalue weighted by Crippen LogP contribution is -2.49. The summed E-state index contributed by atoms with van der Waals surface area (Å²) >= 11 is 0. The third-order valence-corrected chi connectivity index (χ3v) is 5.33. The summed E-state index contributed by atoms with van der Waals surface area (Å²) in [5.74, 6) is 0.0324. The van der Waals surface area contributed by atoms with Crippen LogP contribution in [0.15, 0.2) is 18.2 Å². The van der Waals surface area contributed by atoms with Gasteiger partial charge in [-0.05, 0) is 36.1 Å². The predicted octanol–water partition coefficient (Wildman–Crippen LogP) is 4.09. The quantitative estimate of drug-likeness (QED) is 0.776. The van der Waals surface area contributed by atoms with Crippen LogP contribution in [0.5, 0.6) is 0 Å². The van der Waals surface area contributed by atoms with Gasteiger partial charge in [-0.3, -0.25) is 9.69 Å². The molecule has 1 fully saturated rings. The summed E-state index contributed by atoms with van der Waals surface area (Å²) in [7, 11) is 6.36. The molecule has 1 aromatic rings. The molecule has 2 radical (unpaired) electrons. The second kappa shape index (κ2) is 6.21. The number of fused-ring (bicyclic) bond motifs is 3.